The Balaban J connectivity index is 1.80. The van der Waals surface area contributed by atoms with Crippen molar-refractivity contribution >= 4 is 17.4 Å². The molecule has 0 saturated heterocycles. The number of aryl methyl sites for hydroxylation is 1. The van der Waals surface area contributed by atoms with Gasteiger partial charge in [-0.1, -0.05) is 18.2 Å². The average Bonchev–Trinajstić information content (AvgIpc) is 3.00. The minimum Gasteiger partial charge on any atom is -0.305 e. The predicted octanol–water partition coefficient (Wildman–Crippen LogP) is 4.73. The molecule has 0 aliphatic rings. The lowest BCUT2D eigenvalue weighted by Crippen LogP contribution is -2.15. The zero-order valence-electron chi connectivity index (χ0n) is 16.0. The quantitative estimate of drug-likeness (QED) is 0.479. The third kappa shape index (κ3) is 4.48. The summed E-state index contributed by atoms with van der Waals surface area (Å²) in [4.78, 5) is 23.0. The van der Waals surface area contributed by atoms with Crippen LogP contribution in [0.15, 0.2) is 48.5 Å². The molecule has 1 aromatic heterocycles. The third-order valence-electron chi connectivity index (χ3n) is 4.56. The Morgan fingerprint density at radius 3 is 2.53 bits per heavy atom. The van der Waals surface area contributed by atoms with Crippen LogP contribution in [0, 0.1) is 24.0 Å². The van der Waals surface area contributed by atoms with Crippen LogP contribution in [0.2, 0.25) is 0 Å². The van der Waals surface area contributed by atoms with Crippen LogP contribution in [0.5, 0.6) is 0 Å². The highest BCUT2D eigenvalue weighted by Gasteiger charge is 2.30. The molecule has 0 radical (unpaired) electrons. The van der Waals surface area contributed by atoms with Crippen molar-refractivity contribution in [3.8, 4) is 0 Å². The molecule has 1 amide bonds. The van der Waals surface area contributed by atoms with Gasteiger partial charge in [0.1, 0.15) is 0 Å². The van der Waals surface area contributed by atoms with Gasteiger partial charge < -0.3 is 5.32 Å². The van der Waals surface area contributed by atoms with Crippen LogP contribution in [0.25, 0.3) is 0 Å². The van der Waals surface area contributed by atoms with E-state index in [0.29, 0.717) is 11.3 Å². The van der Waals surface area contributed by atoms with Crippen LogP contribution in [-0.2, 0) is 12.7 Å². The molecule has 7 nitrogen and oxygen atoms in total. The van der Waals surface area contributed by atoms with Gasteiger partial charge >= 0.3 is 6.18 Å². The fourth-order valence-corrected chi connectivity index (χ4v) is 3.00. The first-order valence-corrected chi connectivity index (χ1v) is 8.82. The Hall–Kier alpha value is -3.69. The summed E-state index contributed by atoms with van der Waals surface area (Å²) in [6.45, 7) is 3.26. The minimum atomic E-state index is -4.44. The summed E-state index contributed by atoms with van der Waals surface area (Å²) in [5.74, 6) is -0.379. The highest BCUT2D eigenvalue weighted by Crippen LogP contribution is 2.30. The van der Waals surface area contributed by atoms with Crippen LogP contribution in [0.1, 0.15) is 32.7 Å². The van der Waals surface area contributed by atoms with E-state index < -0.39 is 22.6 Å². The van der Waals surface area contributed by atoms with Gasteiger partial charge in [0.2, 0.25) is 0 Å². The molecule has 0 fully saturated rings. The zero-order chi connectivity index (χ0) is 22.1. The second-order valence-electron chi connectivity index (χ2n) is 6.69. The van der Waals surface area contributed by atoms with Crippen molar-refractivity contribution in [1.82, 2.24) is 9.78 Å². The SMILES string of the molecule is Cc1c(C(=O)Nc2cc(C)n(Cc3cccc(C(F)(F)F)c3)n2)cccc1[N+](=O)[O-]. The minimum absolute atomic E-state index is 0.0848. The van der Waals surface area contributed by atoms with Gasteiger partial charge in [0, 0.05) is 29.0 Å². The summed E-state index contributed by atoms with van der Waals surface area (Å²) in [6, 6.07) is 10.7. The second-order valence-corrected chi connectivity index (χ2v) is 6.69. The highest BCUT2D eigenvalue weighted by atomic mass is 19.4. The number of carbonyl (C=O) groups excluding carboxylic acids is 1. The number of hydrogen-bond acceptors (Lipinski definition) is 4. The summed E-state index contributed by atoms with van der Waals surface area (Å²) < 4.78 is 40.1. The van der Waals surface area contributed by atoms with Crippen molar-refractivity contribution in [3.63, 3.8) is 0 Å². The topological polar surface area (TPSA) is 90.1 Å². The van der Waals surface area contributed by atoms with Crippen LogP contribution >= 0.6 is 0 Å². The number of rotatable bonds is 5. The van der Waals surface area contributed by atoms with Crippen molar-refractivity contribution < 1.29 is 22.9 Å². The number of nitro benzene ring substituents is 1. The Morgan fingerprint density at radius 1 is 1.17 bits per heavy atom. The lowest BCUT2D eigenvalue weighted by atomic mass is 10.1. The molecule has 0 atom stereocenters. The number of halogens is 3. The molecule has 1 heterocycles. The van der Waals surface area contributed by atoms with Crippen molar-refractivity contribution in [1.29, 1.82) is 0 Å². The smallest absolute Gasteiger partial charge is 0.305 e. The number of alkyl halides is 3. The first-order valence-electron chi connectivity index (χ1n) is 8.82. The van der Waals surface area contributed by atoms with Gasteiger partial charge in [-0.3, -0.25) is 19.6 Å². The Kier molecular flexibility index (Phi) is 5.59. The maximum Gasteiger partial charge on any atom is 0.416 e. The number of nitrogens with one attached hydrogen (secondary N) is 1. The first-order chi connectivity index (χ1) is 14.1. The molecule has 3 aromatic rings. The van der Waals surface area contributed by atoms with Gasteiger partial charge in [-0.25, -0.2) is 0 Å². The van der Waals surface area contributed by atoms with Crippen LogP contribution < -0.4 is 5.32 Å². The molecule has 156 valence electrons. The van der Waals surface area contributed by atoms with Gasteiger partial charge in [-0.15, -0.1) is 0 Å². The van der Waals surface area contributed by atoms with Crippen LogP contribution in [-0.4, -0.2) is 20.6 Å². The molecule has 1 N–H and O–H groups in total. The van der Waals surface area contributed by atoms with E-state index in [9.17, 15) is 28.1 Å². The van der Waals surface area contributed by atoms with E-state index in [4.69, 9.17) is 0 Å². The van der Waals surface area contributed by atoms with Gasteiger partial charge in [-0.05, 0) is 37.6 Å². The number of hydrogen-bond donors (Lipinski definition) is 1. The molecule has 0 spiro atoms. The zero-order valence-corrected chi connectivity index (χ0v) is 16.0. The maximum atomic E-state index is 12.9. The van der Waals surface area contributed by atoms with E-state index in [-0.39, 0.29) is 29.2 Å². The normalized spacial score (nSPS) is 11.4. The summed E-state index contributed by atoms with van der Waals surface area (Å²) in [5, 5.41) is 17.8. The molecule has 0 saturated carbocycles. The number of anilines is 1. The second kappa shape index (κ2) is 7.97. The van der Waals surface area contributed by atoms with Gasteiger partial charge in [-0.2, -0.15) is 18.3 Å². The van der Waals surface area contributed by atoms with Gasteiger partial charge in [0.25, 0.3) is 11.6 Å². The van der Waals surface area contributed by atoms with E-state index in [1.807, 2.05) is 0 Å². The van der Waals surface area contributed by atoms with Crippen LogP contribution in [0.3, 0.4) is 0 Å². The number of nitro groups is 1. The maximum absolute atomic E-state index is 12.9. The third-order valence-corrected chi connectivity index (χ3v) is 4.56. The summed E-state index contributed by atoms with van der Waals surface area (Å²) in [7, 11) is 0. The summed E-state index contributed by atoms with van der Waals surface area (Å²) >= 11 is 0. The predicted molar refractivity (Wildman–Crippen MR) is 103 cm³/mol. The number of amides is 1. The van der Waals surface area contributed by atoms with E-state index in [1.54, 1.807) is 19.1 Å². The number of nitrogens with zero attached hydrogens (tertiary/aromatic N) is 3. The van der Waals surface area contributed by atoms with Crippen molar-refractivity contribution in [3.05, 3.63) is 86.6 Å². The van der Waals surface area contributed by atoms with Crippen molar-refractivity contribution in [2.45, 2.75) is 26.6 Å². The van der Waals surface area contributed by atoms with Gasteiger partial charge in [0.05, 0.1) is 17.0 Å². The Bertz CT molecular complexity index is 1120. The van der Waals surface area contributed by atoms with E-state index >= 15 is 0 Å². The molecule has 0 bridgehead atoms. The van der Waals surface area contributed by atoms with Gasteiger partial charge in [0.15, 0.2) is 5.82 Å². The van der Waals surface area contributed by atoms with E-state index in [0.717, 1.165) is 12.1 Å². The largest absolute Gasteiger partial charge is 0.416 e. The van der Waals surface area contributed by atoms with Crippen molar-refractivity contribution in [2.24, 2.45) is 0 Å². The number of carbonyl (C=O) groups is 1. The fourth-order valence-electron chi connectivity index (χ4n) is 3.00. The summed E-state index contributed by atoms with van der Waals surface area (Å²) in [5.41, 5.74) is 0.463. The number of benzene rings is 2. The van der Waals surface area contributed by atoms with Crippen molar-refractivity contribution in [2.75, 3.05) is 5.32 Å². The molecule has 30 heavy (non-hydrogen) atoms. The lowest BCUT2D eigenvalue weighted by Gasteiger charge is -2.09. The Morgan fingerprint density at radius 2 is 1.87 bits per heavy atom. The first kappa shape index (κ1) is 21.0. The molecule has 0 unspecified atom stereocenters. The molecule has 0 aliphatic heterocycles. The molecule has 0 aliphatic carbocycles. The van der Waals surface area contributed by atoms with Crippen LogP contribution in [0.4, 0.5) is 24.7 Å². The molecule has 2 aromatic carbocycles. The molecule has 3 rings (SSSR count). The average molecular weight is 418 g/mol. The standard InChI is InChI=1S/C20H17F3N4O3/c1-12-9-18(24-19(28)16-7-4-8-17(13(16)2)27(29)30)25-26(12)11-14-5-3-6-15(10-14)20(21,22)23/h3-10H,11H2,1-2H3,(H,24,25,28). The fraction of sp³-hybridized carbons (Fsp3) is 0.200. The lowest BCUT2D eigenvalue weighted by molar-refractivity contribution is -0.385. The highest BCUT2D eigenvalue weighted by molar-refractivity contribution is 6.05. The molecular formula is C20H17F3N4O3. The van der Waals surface area contributed by atoms with E-state index in [1.165, 1.54) is 35.9 Å². The number of aromatic nitrogens is 2. The van der Waals surface area contributed by atoms with E-state index in [2.05, 4.69) is 10.4 Å². The summed E-state index contributed by atoms with van der Waals surface area (Å²) in [6.07, 6.45) is -4.44. The monoisotopic (exact) mass is 418 g/mol. The molecule has 10 heteroatoms. The molecular weight excluding hydrogens is 401 g/mol. The Labute approximate surface area is 169 Å².